The maximum Gasteiger partial charge on any atom is 0.321 e. The molecule has 3 heterocycles. The minimum atomic E-state index is -0.256. The second-order valence-electron chi connectivity index (χ2n) is 7.24. The highest BCUT2D eigenvalue weighted by Gasteiger charge is 2.25. The highest BCUT2D eigenvalue weighted by Crippen LogP contribution is 2.29. The fraction of sp³-hybridized carbons (Fsp3) is 0.350. The summed E-state index contributed by atoms with van der Waals surface area (Å²) in [5.41, 5.74) is 3.04. The molecular weight excluding hydrogens is 374 g/mol. The highest BCUT2D eigenvalue weighted by molar-refractivity contribution is 7.15. The number of anilines is 1. The van der Waals surface area contributed by atoms with Crippen LogP contribution in [0.5, 0.6) is 0 Å². The SMILES string of the molecule is CC(C)NC(=O)Nc1nc2c(s1)CN(C(=O)Cc1c[nH]c3ccccc13)CC2. The van der Waals surface area contributed by atoms with Crippen LogP contribution in [0.3, 0.4) is 0 Å². The summed E-state index contributed by atoms with van der Waals surface area (Å²) < 4.78 is 0. The molecule has 3 amide bonds. The van der Waals surface area contributed by atoms with E-state index >= 15 is 0 Å². The van der Waals surface area contributed by atoms with E-state index in [1.54, 1.807) is 0 Å². The molecule has 3 N–H and O–H groups in total. The molecule has 1 aliphatic heterocycles. The van der Waals surface area contributed by atoms with Crippen LogP contribution >= 0.6 is 11.3 Å². The number of thiazole rings is 1. The molecule has 0 spiro atoms. The molecule has 0 radical (unpaired) electrons. The van der Waals surface area contributed by atoms with Crippen LogP contribution in [-0.2, 0) is 24.2 Å². The first kappa shape index (κ1) is 18.5. The average molecular weight is 398 g/mol. The number of benzene rings is 1. The van der Waals surface area contributed by atoms with Gasteiger partial charge in [-0.2, -0.15) is 0 Å². The zero-order valence-electron chi connectivity index (χ0n) is 15.9. The molecule has 4 rings (SSSR count). The van der Waals surface area contributed by atoms with Crippen LogP contribution in [0.15, 0.2) is 30.5 Å². The first-order valence-corrected chi connectivity index (χ1v) is 10.2. The van der Waals surface area contributed by atoms with Gasteiger partial charge in [-0.05, 0) is 25.5 Å². The Morgan fingerprint density at radius 2 is 2.14 bits per heavy atom. The van der Waals surface area contributed by atoms with Crippen molar-refractivity contribution in [2.24, 2.45) is 0 Å². The van der Waals surface area contributed by atoms with Crippen LogP contribution < -0.4 is 10.6 Å². The third-order valence-corrected chi connectivity index (χ3v) is 5.74. The molecule has 0 unspecified atom stereocenters. The summed E-state index contributed by atoms with van der Waals surface area (Å²) in [7, 11) is 0. The largest absolute Gasteiger partial charge is 0.361 e. The van der Waals surface area contributed by atoms with Crippen LogP contribution in [0.2, 0.25) is 0 Å². The lowest BCUT2D eigenvalue weighted by Gasteiger charge is -2.26. The summed E-state index contributed by atoms with van der Waals surface area (Å²) in [6.45, 7) is 5.00. The van der Waals surface area contributed by atoms with Crippen LogP contribution in [0.4, 0.5) is 9.93 Å². The van der Waals surface area contributed by atoms with Gasteiger partial charge in [0.2, 0.25) is 5.91 Å². The van der Waals surface area contributed by atoms with Gasteiger partial charge >= 0.3 is 6.03 Å². The second kappa shape index (κ2) is 7.63. The Hall–Kier alpha value is -2.87. The van der Waals surface area contributed by atoms with E-state index in [0.29, 0.717) is 31.1 Å². The molecule has 1 aliphatic rings. The Labute approximate surface area is 167 Å². The maximum absolute atomic E-state index is 12.8. The third-order valence-electron chi connectivity index (χ3n) is 4.74. The predicted octanol–water partition coefficient (Wildman–Crippen LogP) is 3.28. The second-order valence-corrected chi connectivity index (χ2v) is 8.33. The van der Waals surface area contributed by atoms with E-state index in [1.165, 1.54) is 11.3 Å². The van der Waals surface area contributed by atoms with Crippen LogP contribution in [0.1, 0.15) is 30.0 Å². The van der Waals surface area contributed by atoms with Gasteiger partial charge in [0.25, 0.3) is 0 Å². The molecule has 7 nitrogen and oxygen atoms in total. The van der Waals surface area contributed by atoms with Crippen molar-refractivity contribution in [3.63, 3.8) is 0 Å². The maximum atomic E-state index is 12.8. The molecule has 3 aromatic rings. The summed E-state index contributed by atoms with van der Waals surface area (Å²) >= 11 is 1.44. The van der Waals surface area contributed by atoms with Crippen molar-refractivity contribution in [3.8, 4) is 0 Å². The summed E-state index contributed by atoms with van der Waals surface area (Å²) in [5, 5.41) is 7.24. The fourth-order valence-corrected chi connectivity index (χ4v) is 4.43. The molecule has 1 aromatic carbocycles. The van der Waals surface area contributed by atoms with Gasteiger partial charge in [0.05, 0.1) is 18.7 Å². The van der Waals surface area contributed by atoms with Gasteiger partial charge in [0.1, 0.15) is 0 Å². The highest BCUT2D eigenvalue weighted by atomic mass is 32.1. The number of urea groups is 1. The molecular formula is C20H23N5O2S. The number of amides is 3. The van der Waals surface area contributed by atoms with Crippen molar-refractivity contribution in [2.45, 2.75) is 39.3 Å². The van der Waals surface area contributed by atoms with Crippen LogP contribution in [0.25, 0.3) is 10.9 Å². The fourth-order valence-electron chi connectivity index (χ4n) is 3.41. The molecule has 0 saturated heterocycles. The quantitative estimate of drug-likeness (QED) is 0.631. The Balaban J connectivity index is 1.42. The zero-order valence-corrected chi connectivity index (χ0v) is 16.7. The molecule has 0 atom stereocenters. The molecule has 2 aromatic heterocycles. The van der Waals surface area contributed by atoms with E-state index in [2.05, 4.69) is 20.6 Å². The lowest BCUT2D eigenvalue weighted by molar-refractivity contribution is -0.131. The van der Waals surface area contributed by atoms with Crippen molar-refractivity contribution in [1.82, 2.24) is 20.2 Å². The number of rotatable bonds is 4. The molecule has 28 heavy (non-hydrogen) atoms. The third kappa shape index (κ3) is 3.87. The lowest BCUT2D eigenvalue weighted by atomic mass is 10.1. The van der Waals surface area contributed by atoms with Gasteiger partial charge in [-0.15, -0.1) is 0 Å². The first-order chi connectivity index (χ1) is 13.5. The number of aromatic amines is 1. The zero-order chi connectivity index (χ0) is 19.7. The monoisotopic (exact) mass is 397 g/mol. The summed E-state index contributed by atoms with van der Waals surface area (Å²) in [6.07, 6.45) is 3.00. The smallest absolute Gasteiger partial charge is 0.321 e. The van der Waals surface area contributed by atoms with Gasteiger partial charge in [0, 0.05) is 41.0 Å². The molecule has 0 bridgehead atoms. The topological polar surface area (TPSA) is 90.1 Å². The standard InChI is InChI=1S/C20H23N5O2S/c1-12(2)22-19(27)24-20-23-16-7-8-25(11-17(16)28-20)18(26)9-13-10-21-15-6-4-3-5-14(13)15/h3-6,10,12,21H,7-9,11H2,1-2H3,(H2,22,23,24,27). The molecule has 0 aliphatic carbocycles. The first-order valence-electron chi connectivity index (χ1n) is 9.38. The van der Waals surface area contributed by atoms with Crippen LogP contribution in [0, 0.1) is 0 Å². The number of hydrogen-bond donors (Lipinski definition) is 3. The normalized spacial score (nSPS) is 13.6. The Morgan fingerprint density at radius 1 is 1.32 bits per heavy atom. The number of para-hydroxylation sites is 1. The van der Waals surface area contributed by atoms with Gasteiger partial charge in [-0.25, -0.2) is 9.78 Å². The Morgan fingerprint density at radius 3 is 2.96 bits per heavy atom. The molecule has 0 fully saturated rings. The summed E-state index contributed by atoms with van der Waals surface area (Å²) in [6, 6.07) is 7.82. The number of nitrogens with one attached hydrogen (secondary N) is 3. The van der Waals surface area contributed by atoms with Crippen molar-refractivity contribution in [3.05, 3.63) is 46.6 Å². The lowest BCUT2D eigenvalue weighted by Crippen LogP contribution is -2.36. The van der Waals surface area contributed by atoms with Crippen molar-refractivity contribution in [1.29, 1.82) is 0 Å². The summed E-state index contributed by atoms with van der Waals surface area (Å²) in [4.78, 5) is 35.4. The minimum absolute atomic E-state index is 0.0622. The minimum Gasteiger partial charge on any atom is -0.361 e. The number of aromatic nitrogens is 2. The van der Waals surface area contributed by atoms with Gasteiger partial charge in [-0.3, -0.25) is 10.1 Å². The van der Waals surface area contributed by atoms with Crippen molar-refractivity contribution in [2.75, 3.05) is 11.9 Å². The summed E-state index contributed by atoms with van der Waals surface area (Å²) in [5.74, 6) is 0.107. The number of H-pyrrole nitrogens is 1. The molecule has 146 valence electrons. The number of carbonyl (C=O) groups excluding carboxylic acids is 2. The van der Waals surface area contributed by atoms with E-state index < -0.39 is 0 Å². The van der Waals surface area contributed by atoms with Crippen molar-refractivity contribution >= 4 is 39.3 Å². The molecule has 0 saturated carbocycles. The van der Waals surface area contributed by atoms with E-state index in [-0.39, 0.29) is 18.0 Å². The van der Waals surface area contributed by atoms with Gasteiger partial charge in [-0.1, -0.05) is 29.5 Å². The van der Waals surface area contributed by atoms with Gasteiger partial charge < -0.3 is 15.2 Å². The van der Waals surface area contributed by atoms with E-state index in [1.807, 2.05) is 49.2 Å². The van der Waals surface area contributed by atoms with E-state index in [4.69, 9.17) is 0 Å². The predicted molar refractivity (Wildman–Crippen MR) is 111 cm³/mol. The Kier molecular flexibility index (Phi) is 5.04. The number of hydrogen-bond acceptors (Lipinski definition) is 4. The number of fused-ring (bicyclic) bond motifs is 2. The molecule has 8 heteroatoms. The number of carbonyl (C=O) groups is 2. The van der Waals surface area contributed by atoms with Crippen LogP contribution in [-0.4, -0.2) is 39.4 Å². The Bertz CT molecular complexity index is 1020. The average Bonchev–Trinajstić information content (AvgIpc) is 3.23. The number of nitrogens with zero attached hydrogens (tertiary/aromatic N) is 2. The van der Waals surface area contributed by atoms with Gasteiger partial charge in [0.15, 0.2) is 5.13 Å². The van der Waals surface area contributed by atoms with E-state index in [9.17, 15) is 9.59 Å². The van der Waals surface area contributed by atoms with Crippen molar-refractivity contribution < 1.29 is 9.59 Å². The van der Waals surface area contributed by atoms with E-state index in [0.717, 1.165) is 27.0 Å².